The third-order valence-electron chi connectivity index (χ3n) is 5.08. The lowest BCUT2D eigenvalue weighted by atomic mass is 9.70. The maximum atomic E-state index is 12.2. The standard InChI is InChI=1S/C19H28N2O5S/c1-19(2,3)14-9-7-13(8-10-14)18(23)26-12-17(22)21-15-5-4-6-16(11-15)27(20,24)25/h4-6,11,13-14H,7-10,12H2,1-3H3,(H,21,22)(H2,20,24,25). The van der Waals surface area contributed by atoms with Gasteiger partial charge >= 0.3 is 5.97 Å². The van der Waals surface area contributed by atoms with Gasteiger partial charge in [-0.2, -0.15) is 0 Å². The van der Waals surface area contributed by atoms with Gasteiger partial charge in [-0.1, -0.05) is 26.8 Å². The predicted octanol–water partition coefficient (Wildman–Crippen LogP) is 2.67. The van der Waals surface area contributed by atoms with Gasteiger partial charge in [0.2, 0.25) is 10.0 Å². The van der Waals surface area contributed by atoms with Gasteiger partial charge in [0.1, 0.15) is 0 Å². The van der Waals surface area contributed by atoms with Crippen LogP contribution >= 0.6 is 0 Å². The fraction of sp³-hybridized carbons (Fsp3) is 0.579. The maximum absolute atomic E-state index is 12.2. The van der Waals surface area contributed by atoms with Crippen molar-refractivity contribution >= 4 is 27.6 Å². The number of nitrogens with two attached hydrogens (primary N) is 1. The molecular formula is C19H28N2O5S. The average molecular weight is 397 g/mol. The van der Waals surface area contributed by atoms with Crippen molar-refractivity contribution in [2.75, 3.05) is 11.9 Å². The van der Waals surface area contributed by atoms with Crippen LogP contribution < -0.4 is 10.5 Å². The Kier molecular flexibility index (Phi) is 6.64. The number of amides is 1. The molecule has 7 nitrogen and oxygen atoms in total. The summed E-state index contributed by atoms with van der Waals surface area (Å²) < 4.78 is 27.8. The van der Waals surface area contributed by atoms with E-state index >= 15 is 0 Å². The van der Waals surface area contributed by atoms with E-state index in [0.717, 1.165) is 25.7 Å². The molecule has 27 heavy (non-hydrogen) atoms. The molecule has 0 bridgehead atoms. The molecule has 1 fully saturated rings. The van der Waals surface area contributed by atoms with Crippen molar-refractivity contribution in [3.63, 3.8) is 0 Å². The van der Waals surface area contributed by atoms with E-state index in [-0.39, 0.29) is 27.9 Å². The monoisotopic (exact) mass is 396 g/mol. The molecule has 1 aliphatic rings. The first-order valence-corrected chi connectivity index (χ1v) is 10.6. The second-order valence-corrected chi connectivity index (χ2v) is 9.70. The van der Waals surface area contributed by atoms with Gasteiger partial charge in [0.25, 0.3) is 5.91 Å². The van der Waals surface area contributed by atoms with Crippen LogP contribution in [0.1, 0.15) is 46.5 Å². The number of ether oxygens (including phenoxy) is 1. The predicted molar refractivity (Wildman–Crippen MR) is 102 cm³/mol. The second-order valence-electron chi connectivity index (χ2n) is 8.14. The van der Waals surface area contributed by atoms with E-state index in [1.807, 2.05) is 0 Å². The summed E-state index contributed by atoms with van der Waals surface area (Å²) in [5.41, 5.74) is 0.508. The molecule has 1 aromatic carbocycles. The number of carbonyl (C=O) groups is 2. The van der Waals surface area contributed by atoms with Crippen molar-refractivity contribution in [3.8, 4) is 0 Å². The van der Waals surface area contributed by atoms with Gasteiger partial charge in [-0.15, -0.1) is 0 Å². The van der Waals surface area contributed by atoms with E-state index in [1.165, 1.54) is 24.3 Å². The van der Waals surface area contributed by atoms with Gasteiger partial charge in [0.05, 0.1) is 10.8 Å². The molecule has 0 unspecified atom stereocenters. The number of rotatable bonds is 5. The molecule has 1 amide bonds. The van der Waals surface area contributed by atoms with E-state index < -0.39 is 22.5 Å². The highest BCUT2D eigenvalue weighted by molar-refractivity contribution is 7.89. The number of nitrogens with one attached hydrogen (secondary N) is 1. The number of anilines is 1. The summed E-state index contributed by atoms with van der Waals surface area (Å²) in [6.45, 7) is 6.24. The molecule has 1 saturated carbocycles. The fourth-order valence-electron chi connectivity index (χ4n) is 3.40. The van der Waals surface area contributed by atoms with Crippen LogP contribution in [0.3, 0.4) is 0 Å². The Morgan fingerprint density at radius 1 is 1.19 bits per heavy atom. The Morgan fingerprint density at radius 2 is 1.81 bits per heavy atom. The average Bonchev–Trinajstić information content (AvgIpc) is 2.58. The van der Waals surface area contributed by atoms with Crippen molar-refractivity contribution in [1.29, 1.82) is 0 Å². The van der Waals surface area contributed by atoms with Crippen LogP contribution in [-0.2, 0) is 24.3 Å². The van der Waals surface area contributed by atoms with Crippen LogP contribution in [0, 0.1) is 17.3 Å². The molecule has 0 saturated heterocycles. The normalized spacial score (nSPS) is 20.7. The Labute approximate surface area is 160 Å². The number of primary sulfonamides is 1. The van der Waals surface area contributed by atoms with E-state index in [2.05, 4.69) is 26.1 Å². The van der Waals surface area contributed by atoms with Crippen molar-refractivity contribution in [2.45, 2.75) is 51.3 Å². The first-order valence-electron chi connectivity index (χ1n) is 9.06. The maximum Gasteiger partial charge on any atom is 0.309 e. The largest absolute Gasteiger partial charge is 0.455 e. The SMILES string of the molecule is CC(C)(C)C1CCC(C(=O)OCC(=O)Nc2cccc(S(N)(=O)=O)c2)CC1. The van der Waals surface area contributed by atoms with Gasteiger partial charge in [0.15, 0.2) is 6.61 Å². The molecule has 2 rings (SSSR count). The molecular weight excluding hydrogens is 368 g/mol. The Bertz CT molecular complexity index is 791. The molecule has 0 aromatic heterocycles. The van der Waals surface area contributed by atoms with Crippen molar-refractivity contribution in [1.82, 2.24) is 0 Å². The third kappa shape index (κ3) is 6.32. The summed E-state index contributed by atoms with van der Waals surface area (Å²) in [4.78, 5) is 24.1. The van der Waals surface area contributed by atoms with Crippen LogP contribution in [0.2, 0.25) is 0 Å². The molecule has 8 heteroatoms. The van der Waals surface area contributed by atoms with Crippen LogP contribution in [0.15, 0.2) is 29.2 Å². The second kappa shape index (κ2) is 8.39. The highest BCUT2D eigenvalue weighted by Gasteiger charge is 2.33. The third-order valence-corrected chi connectivity index (χ3v) is 5.99. The lowest BCUT2D eigenvalue weighted by molar-refractivity contribution is -0.153. The molecule has 3 N–H and O–H groups in total. The minimum absolute atomic E-state index is 0.104. The minimum Gasteiger partial charge on any atom is -0.455 e. The molecule has 150 valence electrons. The van der Waals surface area contributed by atoms with Gasteiger partial charge in [-0.05, 0) is 55.2 Å². The Balaban J connectivity index is 1.82. The highest BCUT2D eigenvalue weighted by atomic mass is 32.2. The van der Waals surface area contributed by atoms with E-state index in [1.54, 1.807) is 0 Å². The van der Waals surface area contributed by atoms with Crippen molar-refractivity contribution in [3.05, 3.63) is 24.3 Å². The van der Waals surface area contributed by atoms with E-state index in [9.17, 15) is 18.0 Å². The zero-order valence-corrected chi connectivity index (χ0v) is 16.8. The van der Waals surface area contributed by atoms with Gasteiger partial charge in [-0.3, -0.25) is 9.59 Å². The van der Waals surface area contributed by atoms with Crippen LogP contribution in [0.4, 0.5) is 5.69 Å². The first kappa shape index (κ1) is 21.4. The number of hydrogen-bond donors (Lipinski definition) is 2. The zero-order chi connectivity index (χ0) is 20.2. The number of benzene rings is 1. The molecule has 0 radical (unpaired) electrons. The highest BCUT2D eigenvalue weighted by Crippen LogP contribution is 2.40. The summed E-state index contributed by atoms with van der Waals surface area (Å²) in [5, 5.41) is 7.57. The zero-order valence-electron chi connectivity index (χ0n) is 16.0. The van der Waals surface area contributed by atoms with Gasteiger partial charge in [0, 0.05) is 5.69 Å². The Morgan fingerprint density at radius 3 is 2.37 bits per heavy atom. The van der Waals surface area contributed by atoms with Crippen LogP contribution in [0.5, 0.6) is 0 Å². The molecule has 0 atom stereocenters. The van der Waals surface area contributed by atoms with Crippen molar-refractivity contribution < 1.29 is 22.7 Å². The number of sulfonamides is 1. The smallest absolute Gasteiger partial charge is 0.309 e. The molecule has 0 heterocycles. The van der Waals surface area contributed by atoms with Gasteiger partial charge in [-0.25, -0.2) is 13.6 Å². The van der Waals surface area contributed by atoms with Crippen LogP contribution in [0.25, 0.3) is 0 Å². The first-order chi connectivity index (χ1) is 12.5. The lowest BCUT2D eigenvalue weighted by Gasteiger charge is -2.36. The molecule has 0 aliphatic heterocycles. The lowest BCUT2D eigenvalue weighted by Crippen LogP contribution is -2.31. The van der Waals surface area contributed by atoms with E-state index in [0.29, 0.717) is 5.92 Å². The number of hydrogen-bond acceptors (Lipinski definition) is 5. The summed E-state index contributed by atoms with van der Waals surface area (Å²) in [6.07, 6.45) is 3.52. The molecule has 1 aliphatic carbocycles. The van der Waals surface area contributed by atoms with E-state index in [4.69, 9.17) is 9.88 Å². The summed E-state index contributed by atoms with van der Waals surface area (Å²) in [6, 6.07) is 5.58. The molecule has 0 spiro atoms. The summed E-state index contributed by atoms with van der Waals surface area (Å²) in [5.74, 6) is -0.452. The quantitative estimate of drug-likeness (QED) is 0.742. The topological polar surface area (TPSA) is 116 Å². The minimum atomic E-state index is -3.85. The van der Waals surface area contributed by atoms with Crippen molar-refractivity contribution in [2.24, 2.45) is 22.4 Å². The number of carbonyl (C=O) groups excluding carboxylic acids is 2. The fourth-order valence-corrected chi connectivity index (χ4v) is 3.96. The summed E-state index contributed by atoms with van der Waals surface area (Å²) >= 11 is 0. The van der Waals surface area contributed by atoms with Gasteiger partial charge < -0.3 is 10.1 Å². The Hall–Kier alpha value is -1.93. The summed E-state index contributed by atoms with van der Waals surface area (Å²) in [7, 11) is -3.85. The van der Waals surface area contributed by atoms with Crippen LogP contribution in [-0.4, -0.2) is 26.9 Å². The number of esters is 1. The molecule has 1 aromatic rings.